The standard InChI is InChI=1S/C18H26N2O5S/c1-3-14(2)20(13-17(21)22)18(23)15-8-7-11-19(12-15)26(24,25)16-9-5-4-6-10-16/h4-6,9-10,14-15H,3,7-8,11-13H2,1-2H3,(H,21,22). The number of hydrogen-bond acceptors (Lipinski definition) is 4. The molecule has 2 unspecified atom stereocenters. The van der Waals surface area contributed by atoms with E-state index in [2.05, 4.69) is 0 Å². The zero-order valence-corrected chi connectivity index (χ0v) is 16.0. The van der Waals surface area contributed by atoms with Gasteiger partial charge < -0.3 is 10.0 Å². The van der Waals surface area contributed by atoms with Crippen molar-refractivity contribution in [2.75, 3.05) is 19.6 Å². The number of aliphatic carboxylic acids is 1. The molecule has 0 aromatic heterocycles. The van der Waals surface area contributed by atoms with Gasteiger partial charge in [0.05, 0.1) is 10.8 Å². The van der Waals surface area contributed by atoms with Gasteiger partial charge in [-0.05, 0) is 38.3 Å². The second-order valence-corrected chi connectivity index (χ2v) is 8.57. The third kappa shape index (κ3) is 4.62. The van der Waals surface area contributed by atoms with Crippen LogP contribution in [0.25, 0.3) is 0 Å². The molecule has 144 valence electrons. The second-order valence-electron chi connectivity index (χ2n) is 6.63. The van der Waals surface area contributed by atoms with E-state index in [9.17, 15) is 18.0 Å². The van der Waals surface area contributed by atoms with Crippen molar-refractivity contribution in [3.05, 3.63) is 30.3 Å². The summed E-state index contributed by atoms with van der Waals surface area (Å²) in [4.78, 5) is 25.6. The van der Waals surface area contributed by atoms with Gasteiger partial charge in [-0.25, -0.2) is 8.42 Å². The van der Waals surface area contributed by atoms with Crippen LogP contribution in [0, 0.1) is 5.92 Å². The van der Waals surface area contributed by atoms with Crippen LogP contribution in [0.5, 0.6) is 0 Å². The first kappa shape index (κ1) is 20.4. The van der Waals surface area contributed by atoms with Crippen molar-refractivity contribution in [3.8, 4) is 0 Å². The fourth-order valence-electron chi connectivity index (χ4n) is 3.16. The number of amides is 1. The highest BCUT2D eigenvalue weighted by Crippen LogP contribution is 2.25. The Morgan fingerprint density at radius 2 is 1.96 bits per heavy atom. The average Bonchev–Trinajstić information content (AvgIpc) is 2.65. The van der Waals surface area contributed by atoms with E-state index < -0.39 is 21.9 Å². The van der Waals surface area contributed by atoms with Gasteiger partial charge in [0.2, 0.25) is 15.9 Å². The van der Waals surface area contributed by atoms with Crippen LogP contribution in [0.1, 0.15) is 33.1 Å². The van der Waals surface area contributed by atoms with Crippen molar-refractivity contribution >= 4 is 21.9 Å². The number of carbonyl (C=O) groups excluding carboxylic acids is 1. The van der Waals surface area contributed by atoms with Gasteiger partial charge in [0.25, 0.3) is 0 Å². The minimum absolute atomic E-state index is 0.0859. The SMILES string of the molecule is CCC(C)N(CC(=O)O)C(=O)C1CCCN(S(=O)(=O)c2ccccc2)C1. The fourth-order valence-corrected chi connectivity index (χ4v) is 4.70. The van der Waals surface area contributed by atoms with Crippen molar-refractivity contribution in [2.45, 2.75) is 44.0 Å². The highest BCUT2D eigenvalue weighted by molar-refractivity contribution is 7.89. The van der Waals surface area contributed by atoms with E-state index in [0.29, 0.717) is 25.8 Å². The molecule has 26 heavy (non-hydrogen) atoms. The zero-order chi connectivity index (χ0) is 19.3. The number of benzene rings is 1. The van der Waals surface area contributed by atoms with E-state index >= 15 is 0 Å². The molecule has 1 amide bonds. The Morgan fingerprint density at radius 3 is 2.54 bits per heavy atom. The quantitative estimate of drug-likeness (QED) is 0.776. The predicted octanol–water partition coefficient (Wildman–Crippen LogP) is 1.80. The number of sulfonamides is 1. The largest absolute Gasteiger partial charge is 0.480 e. The molecular weight excluding hydrogens is 356 g/mol. The van der Waals surface area contributed by atoms with Gasteiger partial charge in [-0.1, -0.05) is 25.1 Å². The first-order valence-electron chi connectivity index (χ1n) is 8.84. The summed E-state index contributed by atoms with van der Waals surface area (Å²) in [5, 5.41) is 9.11. The number of carboxylic acids is 1. The maximum atomic E-state index is 12.9. The van der Waals surface area contributed by atoms with Crippen LogP contribution >= 0.6 is 0 Å². The number of carbonyl (C=O) groups is 2. The molecule has 1 aliphatic heterocycles. The minimum Gasteiger partial charge on any atom is -0.480 e. The van der Waals surface area contributed by atoms with E-state index in [1.165, 1.54) is 21.3 Å². The molecule has 1 saturated heterocycles. The molecule has 1 N–H and O–H groups in total. The van der Waals surface area contributed by atoms with Crippen molar-refractivity contribution in [2.24, 2.45) is 5.92 Å². The first-order valence-corrected chi connectivity index (χ1v) is 10.3. The fraction of sp³-hybridized carbons (Fsp3) is 0.556. The Kier molecular flexibility index (Phi) is 6.77. The molecule has 0 spiro atoms. The molecule has 0 radical (unpaired) electrons. The van der Waals surface area contributed by atoms with Gasteiger partial charge in [-0.15, -0.1) is 0 Å². The van der Waals surface area contributed by atoms with Crippen LogP contribution in [0.2, 0.25) is 0 Å². The maximum absolute atomic E-state index is 12.9. The third-order valence-electron chi connectivity index (χ3n) is 4.83. The van der Waals surface area contributed by atoms with Gasteiger partial charge in [0.15, 0.2) is 0 Å². The average molecular weight is 382 g/mol. The summed E-state index contributed by atoms with van der Waals surface area (Å²) in [6, 6.07) is 7.94. The summed E-state index contributed by atoms with van der Waals surface area (Å²) in [5.41, 5.74) is 0. The lowest BCUT2D eigenvalue weighted by atomic mass is 9.97. The summed E-state index contributed by atoms with van der Waals surface area (Å²) in [6.07, 6.45) is 1.77. The van der Waals surface area contributed by atoms with Crippen molar-refractivity contribution in [1.82, 2.24) is 9.21 Å². The second kappa shape index (κ2) is 8.64. The van der Waals surface area contributed by atoms with Crippen molar-refractivity contribution in [3.63, 3.8) is 0 Å². The predicted molar refractivity (Wildman–Crippen MR) is 97.0 cm³/mol. The lowest BCUT2D eigenvalue weighted by Crippen LogP contribution is -2.50. The van der Waals surface area contributed by atoms with Crippen LogP contribution in [-0.4, -0.2) is 60.3 Å². The third-order valence-corrected chi connectivity index (χ3v) is 6.71. The molecule has 1 aliphatic rings. The van der Waals surface area contributed by atoms with Gasteiger partial charge in [0, 0.05) is 19.1 Å². The Labute approximate surface area is 154 Å². The summed E-state index contributed by atoms with van der Waals surface area (Å²) in [6.45, 7) is 3.78. The van der Waals surface area contributed by atoms with Crippen LogP contribution in [0.15, 0.2) is 35.2 Å². The van der Waals surface area contributed by atoms with Crippen LogP contribution < -0.4 is 0 Å². The van der Waals surface area contributed by atoms with E-state index in [-0.39, 0.29) is 29.9 Å². The van der Waals surface area contributed by atoms with Crippen molar-refractivity contribution in [1.29, 1.82) is 0 Å². The molecular formula is C18H26N2O5S. The monoisotopic (exact) mass is 382 g/mol. The van der Waals surface area contributed by atoms with Gasteiger partial charge in [-0.2, -0.15) is 4.31 Å². The summed E-state index contributed by atoms with van der Waals surface area (Å²) in [7, 11) is -3.66. The molecule has 2 atom stereocenters. The van der Waals surface area contributed by atoms with E-state index in [1.54, 1.807) is 18.2 Å². The van der Waals surface area contributed by atoms with Crippen molar-refractivity contribution < 1.29 is 23.1 Å². The number of carboxylic acid groups (broad SMARTS) is 1. The lowest BCUT2D eigenvalue weighted by Gasteiger charge is -2.36. The molecule has 0 bridgehead atoms. The number of hydrogen-bond donors (Lipinski definition) is 1. The molecule has 1 heterocycles. The molecule has 1 aromatic carbocycles. The lowest BCUT2D eigenvalue weighted by molar-refractivity contribution is -0.148. The summed E-state index contributed by atoms with van der Waals surface area (Å²) in [5.74, 6) is -1.87. The number of piperidine rings is 1. The van der Waals surface area contributed by atoms with E-state index in [0.717, 1.165) is 0 Å². The molecule has 8 heteroatoms. The molecule has 7 nitrogen and oxygen atoms in total. The van der Waals surface area contributed by atoms with Crippen LogP contribution in [-0.2, 0) is 19.6 Å². The Hall–Kier alpha value is -1.93. The molecule has 0 saturated carbocycles. The van der Waals surface area contributed by atoms with E-state index in [1.807, 2.05) is 13.8 Å². The smallest absolute Gasteiger partial charge is 0.323 e. The Bertz CT molecular complexity index is 735. The van der Waals surface area contributed by atoms with Gasteiger partial charge in [-0.3, -0.25) is 9.59 Å². The molecule has 1 aromatic rings. The molecule has 1 fully saturated rings. The number of nitrogens with zero attached hydrogens (tertiary/aromatic N) is 2. The van der Waals surface area contributed by atoms with Gasteiger partial charge >= 0.3 is 5.97 Å². The van der Waals surface area contributed by atoms with Gasteiger partial charge in [0.1, 0.15) is 6.54 Å². The van der Waals surface area contributed by atoms with E-state index in [4.69, 9.17) is 5.11 Å². The van der Waals surface area contributed by atoms with Crippen LogP contribution in [0.3, 0.4) is 0 Å². The van der Waals surface area contributed by atoms with Crippen LogP contribution in [0.4, 0.5) is 0 Å². The molecule has 2 rings (SSSR count). The highest BCUT2D eigenvalue weighted by atomic mass is 32.2. The normalized spacial score (nSPS) is 19.7. The number of rotatable bonds is 7. The first-order chi connectivity index (χ1) is 12.3. The minimum atomic E-state index is -3.66. The zero-order valence-electron chi connectivity index (χ0n) is 15.2. The Balaban J connectivity index is 2.18. The maximum Gasteiger partial charge on any atom is 0.323 e. The Morgan fingerprint density at radius 1 is 1.31 bits per heavy atom. The highest BCUT2D eigenvalue weighted by Gasteiger charge is 2.36. The summed E-state index contributed by atoms with van der Waals surface area (Å²) < 4.78 is 26.9. The topological polar surface area (TPSA) is 95.0 Å². The molecule has 0 aliphatic carbocycles. The summed E-state index contributed by atoms with van der Waals surface area (Å²) >= 11 is 0.